The molecule has 0 aromatic carbocycles. The van der Waals surface area contributed by atoms with Gasteiger partial charge in [0.2, 0.25) is 0 Å². The first-order valence-corrected chi connectivity index (χ1v) is 11.3. The Morgan fingerprint density at radius 1 is 0.875 bits per heavy atom. The molecule has 0 amide bonds. The zero-order valence-electron chi connectivity index (χ0n) is 14.6. The van der Waals surface area contributed by atoms with Gasteiger partial charge in [-0.1, -0.05) is 50.2 Å². The van der Waals surface area contributed by atoms with Crippen molar-refractivity contribution in [1.29, 1.82) is 0 Å². The maximum Gasteiger partial charge on any atom is 0.388 e. The van der Waals surface area contributed by atoms with Crippen LogP contribution in [0.15, 0.2) is 35.1 Å². The zero-order chi connectivity index (χ0) is 16.3. The second kappa shape index (κ2) is 5.59. The number of aryl methyl sites for hydroxylation is 2. The Bertz CT molecular complexity index is 711. The first-order valence-electron chi connectivity index (χ1n) is 9.29. The number of thioether (sulfide) groups is 2. The molecular formula is C17H26BN4S2+. The van der Waals surface area contributed by atoms with Crippen molar-refractivity contribution in [2.75, 3.05) is 5.08 Å². The number of nitrogens with zero attached hydrogens (tertiary/aromatic N) is 4. The predicted molar refractivity (Wildman–Crippen MR) is 99.5 cm³/mol. The molecule has 2 fully saturated rings. The Morgan fingerprint density at radius 2 is 1.33 bits per heavy atom. The van der Waals surface area contributed by atoms with Gasteiger partial charge in [0.25, 0.3) is 10.3 Å². The Morgan fingerprint density at radius 3 is 1.79 bits per heavy atom. The normalized spacial score (nSPS) is 28.1. The van der Waals surface area contributed by atoms with Crippen molar-refractivity contribution < 1.29 is 8.96 Å². The molecule has 2 aromatic heterocycles. The van der Waals surface area contributed by atoms with E-state index in [1.54, 1.807) is 0 Å². The van der Waals surface area contributed by atoms with Gasteiger partial charge in [-0.15, -0.1) is 0 Å². The lowest BCUT2D eigenvalue weighted by molar-refractivity contribution is -0.734. The molecule has 0 atom stereocenters. The molecule has 1 spiro atoms. The Kier molecular flexibility index (Phi) is 3.60. The van der Waals surface area contributed by atoms with Crippen molar-refractivity contribution in [1.82, 2.24) is 9.13 Å². The van der Waals surface area contributed by atoms with E-state index in [4.69, 9.17) is 0 Å². The second-order valence-corrected chi connectivity index (χ2v) is 10.1. The van der Waals surface area contributed by atoms with Crippen LogP contribution in [0.3, 0.4) is 0 Å². The highest BCUT2D eigenvalue weighted by molar-refractivity contribution is 8.15. The van der Waals surface area contributed by atoms with Crippen LogP contribution in [0.1, 0.15) is 38.5 Å². The number of imidazole rings is 2. The second-order valence-electron chi connectivity index (χ2n) is 7.89. The lowest BCUT2D eigenvalue weighted by Gasteiger charge is -2.53. The van der Waals surface area contributed by atoms with Crippen LogP contribution in [0, 0.1) is 0 Å². The lowest BCUT2D eigenvalue weighted by atomic mass is 9.24. The van der Waals surface area contributed by atoms with E-state index in [1.165, 1.54) is 48.8 Å². The third-order valence-electron chi connectivity index (χ3n) is 6.90. The maximum absolute atomic E-state index is 2.72. The van der Waals surface area contributed by atoms with Crippen LogP contribution in [0.5, 0.6) is 0 Å². The fraction of sp³-hybridized carbons (Fsp3) is 0.647. The minimum Gasteiger partial charge on any atom is -0.380 e. The molecule has 4 nitrogen and oxygen atoms in total. The Labute approximate surface area is 152 Å². The van der Waals surface area contributed by atoms with Crippen LogP contribution in [-0.4, -0.2) is 20.6 Å². The van der Waals surface area contributed by atoms with E-state index >= 15 is 0 Å². The largest absolute Gasteiger partial charge is 0.388 e. The van der Waals surface area contributed by atoms with Gasteiger partial charge < -0.3 is 8.96 Å². The summed E-state index contributed by atoms with van der Waals surface area (Å²) in [6, 6.07) is 0. The number of hydrogen-bond acceptors (Lipinski definition) is 2. The molecule has 0 saturated carbocycles. The van der Waals surface area contributed by atoms with Crippen molar-refractivity contribution in [2.24, 2.45) is 14.1 Å². The Balaban J connectivity index is 1.84. The third-order valence-corrected chi connectivity index (χ3v) is 9.36. The van der Waals surface area contributed by atoms with Crippen LogP contribution in [0.25, 0.3) is 0 Å². The van der Waals surface area contributed by atoms with E-state index < -0.39 is 6.42 Å². The van der Waals surface area contributed by atoms with Gasteiger partial charge in [-0.2, -0.15) is 0 Å². The molecule has 0 aliphatic carbocycles. The molecule has 0 radical (unpaired) electrons. The highest BCUT2D eigenvalue weighted by Gasteiger charge is 2.59. The topological polar surface area (TPSA) is 17.6 Å². The number of hydrogen-bond donors (Lipinski definition) is 0. The fourth-order valence-electron chi connectivity index (χ4n) is 6.06. The van der Waals surface area contributed by atoms with E-state index in [2.05, 4.69) is 57.0 Å². The third kappa shape index (κ3) is 1.91. The standard InChI is InChI=1S/C17H26BN4S2/c1-19-9-11-21-16(19)23-13-24-17-20(2)10-12-22(17)18(21)14-5-3-6-15(18)8-4-7-14/h9-12,14-15H,3-8,13H2,1-2H3/q+1. The van der Waals surface area contributed by atoms with Gasteiger partial charge in [0.05, 0.1) is 31.6 Å². The lowest BCUT2D eigenvalue weighted by Crippen LogP contribution is -2.87. The average Bonchev–Trinajstić information content (AvgIpc) is 3.09. The number of aromatic nitrogens is 4. The van der Waals surface area contributed by atoms with Gasteiger partial charge >= 0.3 is 6.42 Å². The molecule has 0 N–H and O–H groups in total. The summed E-state index contributed by atoms with van der Waals surface area (Å²) >= 11 is 4.03. The number of fused-ring (bicyclic) bond motifs is 2. The first-order chi connectivity index (χ1) is 11.7. The summed E-state index contributed by atoms with van der Waals surface area (Å²) in [7, 11) is 4.42. The zero-order valence-corrected chi connectivity index (χ0v) is 16.2. The fourth-order valence-corrected chi connectivity index (χ4v) is 8.43. The van der Waals surface area contributed by atoms with Crippen LogP contribution in [0.2, 0.25) is 11.6 Å². The minimum absolute atomic E-state index is 0.776. The van der Waals surface area contributed by atoms with Gasteiger partial charge in [0.15, 0.2) is 0 Å². The van der Waals surface area contributed by atoms with E-state index in [0.29, 0.717) is 0 Å². The first kappa shape index (κ1) is 15.4. The monoisotopic (exact) mass is 361 g/mol. The molecule has 2 aromatic rings. The molecule has 5 rings (SSSR count). The molecular weight excluding hydrogens is 335 g/mol. The average molecular weight is 361 g/mol. The maximum atomic E-state index is 2.72. The molecule has 2 saturated heterocycles. The molecule has 5 heterocycles. The van der Waals surface area contributed by atoms with Gasteiger partial charge in [-0.3, -0.25) is 0 Å². The van der Waals surface area contributed by atoms with Crippen LogP contribution in [-0.2, 0) is 14.1 Å². The van der Waals surface area contributed by atoms with Crippen molar-refractivity contribution in [2.45, 2.75) is 60.5 Å². The van der Waals surface area contributed by atoms with Crippen molar-refractivity contribution in [3.05, 3.63) is 24.8 Å². The van der Waals surface area contributed by atoms with E-state index in [1.807, 2.05) is 23.5 Å². The summed E-state index contributed by atoms with van der Waals surface area (Å²) in [6.07, 6.45) is 17.0. The highest BCUT2D eigenvalue weighted by atomic mass is 32.2. The minimum atomic E-state index is -0.776. The molecule has 3 aliphatic heterocycles. The SMILES string of the molecule is Cn1cc[n+]2c1SCSc1n(C)cc[n+]1[B-]21C2CCCC1CCC2. The highest BCUT2D eigenvalue weighted by Crippen LogP contribution is 2.51. The molecule has 7 heteroatoms. The summed E-state index contributed by atoms with van der Waals surface area (Å²) in [5.41, 5.74) is 0. The van der Waals surface area contributed by atoms with E-state index in [9.17, 15) is 0 Å². The van der Waals surface area contributed by atoms with Gasteiger partial charge in [0, 0.05) is 0 Å². The van der Waals surface area contributed by atoms with Crippen LogP contribution in [0.4, 0.5) is 0 Å². The smallest absolute Gasteiger partial charge is 0.380 e. The van der Waals surface area contributed by atoms with Crippen LogP contribution < -0.4 is 8.96 Å². The quantitative estimate of drug-likeness (QED) is 0.671. The van der Waals surface area contributed by atoms with Gasteiger partial charge in [0.1, 0.15) is 12.4 Å². The van der Waals surface area contributed by atoms with Gasteiger partial charge in [-0.05, 0) is 23.5 Å². The van der Waals surface area contributed by atoms with Crippen LogP contribution >= 0.6 is 23.5 Å². The summed E-state index contributed by atoms with van der Waals surface area (Å²) in [6.45, 7) is 0. The number of rotatable bonds is 0. The molecule has 3 aliphatic rings. The van der Waals surface area contributed by atoms with Crippen molar-refractivity contribution >= 4 is 29.9 Å². The molecule has 128 valence electrons. The van der Waals surface area contributed by atoms with Crippen molar-refractivity contribution in [3.63, 3.8) is 0 Å². The van der Waals surface area contributed by atoms with Gasteiger partial charge in [-0.25, -0.2) is 9.13 Å². The summed E-state index contributed by atoms with van der Waals surface area (Å²) in [5, 5.41) is 3.98. The molecule has 24 heavy (non-hydrogen) atoms. The van der Waals surface area contributed by atoms with E-state index in [-0.39, 0.29) is 0 Å². The Hall–Kier alpha value is -0.815. The summed E-state index contributed by atoms with van der Waals surface area (Å²) in [5.74, 6) is 1.63. The predicted octanol–water partition coefficient (Wildman–Crippen LogP) is 3.04. The summed E-state index contributed by atoms with van der Waals surface area (Å²) in [4.78, 5) is 0. The van der Waals surface area contributed by atoms with E-state index in [0.717, 1.165) is 16.7 Å². The molecule has 0 unspecified atom stereocenters. The summed E-state index contributed by atoms with van der Waals surface area (Å²) < 4.78 is 10.1. The van der Waals surface area contributed by atoms with Crippen molar-refractivity contribution in [3.8, 4) is 0 Å². The molecule has 2 bridgehead atoms.